The van der Waals surface area contributed by atoms with Crippen LogP contribution in [0.3, 0.4) is 0 Å². The van der Waals surface area contributed by atoms with E-state index in [2.05, 4.69) is 0 Å². The standard InChI is InChI=1S/C20H24O6S/c1-15-6-10-18(11-7-15)27(22,23)26-14-17(21)13-25-20-5-3-2-4-19(20)24-12-16-8-9-16/h2-7,10-11,16-17,21H,8-9,12-14H2,1H3. The molecule has 1 aliphatic carbocycles. The summed E-state index contributed by atoms with van der Waals surface area (Å²) in [4.78, 5) is 0.0556. The third-order valence-electron chi connectivity index (χ3n) is 4.18. The van der Waals surface area contributed by atoms with Crippen LogP contribution in [-0.4, -0.2) is 39.4 Å². The molecule has 146 valence electrons. The van der Waals surface area contributed by atoms with E-state index in [0.29, 0.717) is 24.0 Å². The molecule has 0 saturated heterocycles. The second-order valence-corrected chi connectivity index (χ2v) is 8.33. The lowest BCUT2D eigenvalue weighted by atomic mass is 10.2. The Morgan fingerprint density at radius 3 is 2.26 bits per heavy atom. The number of aliphatic hydroxyl groups excluding tert-OH is 1. The lowest BCUT2D eigenvalue weighted by molar-refractivity contribution is 0.0634. The smallest absolute Gasteiger partial charge is 0.297 e. The second kappa shape index (κ2) is 8.73. The Labute approximate surface area is 159 Å². The van der Waals surface area contributed by atoms with E-state index in [1.807, 2.05) is 25.1 Å². The number of hydrogen-bond donors (Lipinski definition) is 1. The van der Waals surface area contributed by atoms with Crippen molar-refractivity contribution < 1.29 is 27.2 Å². The van der Waals surface area contributed by atoms with Crippen LogP contribution in [0.15, 0.2) is 53.4 Å². The largest absolute Gasteiger partial charge is 0.489 e. The average Bonchev–Trinajstić information content (AvgIpc) is 3.48. The Morgan fingerprint density at radius 1 is 1.00 bits per heavy atom. The number of para-hydroxylation sites is 2. The van der Waals surface area contributed by atoms with Crippen molar-refractivity contribution in [2.45, 2.75) is 30.8 Å². The molecule has 0 aliphatic heterocycles. The predicted molar refractivity (Wildman–Crippen MR) is 100 cm³/mol. The summed E-state index contributed by atoms with van der Waals surface area (Å²) in [5.41, 5.74) is 0.949. The minimum Gasteiger partial charge on any atom is -0.489 e. The maximum atomic E-state index is 12.1. The first-order valence-electron chi connectivity index (χ1n) is 8.93. The van der Waals surface area contributed by atoms with Crippen molar-refractivity contribution in [1.82, 2.24) is 0 Å². The van der Waals surface area contributed by atoms with Crippen LogP contribution in [0.5, 0.6) is 11.5 Å². The van der Waals surface area contributed by atoms with Crippen LogP contribution >= 0.6 is 0 Å². The highest BCUT2D eigenvalue weighted by Gasteiger charge is 2.23. The van der Waals surface area contributed by atoms with E-state index in [0.717, 1.165) is 5.56 Å². The summed E-state index contributed by atoms with van der Waals surface area (Å²) in [7, 11) is -3.91. The molecule has 0 radical (unpaired) electrons. The molecule has 2 aromatic rings. The molecule has 1 unspecified atom stereocenters. The van der Waals surface area contributed by atoms with Gasteiger partial charge in [0.25, 0.3) is 10.1 Å². The highest BCUT2D eigenvalue weighted by atomic mass is 32.2. The molecular formula is C20H24O6S. The van der Waals surface area contributed by atoms with Crippen molar-refractivity contribution in [1.29, 1.82) is 0 Å². The number of hydrogen-bond acceptors (Lipinski definition) is 6. The van der Waals surface area contributed by atoms with Gasteiger partial charge in [-0.15, -0.1) is 0 Å². The van der Waals surface area contributed by atoms with Crippen LogP contribution in [0.2, 0.25) is 0 Å². The first-order chi connectivity index (χ1) is 12.9. The Morgan fingerprint density at radius 2 is 1.63 bits per heavy atom. The van der Waals surface area contributed by atoms with Gasteiger partial charge in [-0.3, -0.25) is 4.18 Å². The number of benzene rings is 2. The number of aliphatic hydroxyl groups is 1. The van der Waals surface area contributed by atoms with Crippen LogP contribution in [0.4, 0.5) is 0 Å². The van der Waals surface area contributed by atoms with Gasteiger partial charge in [-0.2, -0.15) is 8.42 Å². The molecule has 0 heterocycles. The van der Waals surface area contributed by atoms with E-state index in [9.17, 15) is 13.5 Å². The number of rotatable bonds is 10. The fourth-order valence-corrected chi connectivity index (χ4v) is 3.30. The van der Waals surface area contributed by atoms with Crippen molar-refractivity contribution >= 4 is 10.1 Å². The molecule has 0 amide bonds. The molecule has 7 heteroatoms. The van der Waals surface area contributed by atoms with Crippen molar-refractivity contribution in [2.24, 2.45) is 5.92 Å². The van der Waals surface area contributed by atoms with Crippen LogP contribution in [0.25, 0.3) is 0 Å². The Hall–Kier alpha value is -2.09. The monoisotopic (exact) mass is 392 g/mol. The Kier molecular flexibility index (Phi) is 6.36. The Balaban J connectivity index is 1.49. The molecule has 1 fully saturated rings. The topological polar surface area (TPSA) is 82.1 Å². The molecule has 1 atom stereocenters. The minimum atomic E-state index is -3.91. The van der Waals surface area contributed by atoms with Gasteiger partial charge in [0.15, 0.2) is 11.5 Å². The molecular weight excluding hydrogens is 368 g/mol. The quantitative estimate of drug-likeness (QED) is 0.626. The van der Waals surface area contributed by atoms with Gasteiger partial charge >= 0.3 is 0 Å². The van der Waals surface area contributed by atoms with E-state index in [4.69, 9.17) is 13.7 Å². The normalized spacial score (nSPS) is 15.3. The van der Waals surface area contributed by atoms with Gasteiger partial charge in [0, 0.05) is 0 Å². The molecule has 0 spiro atoms. The fraction of sp³-hybridized carbons (Fsp3) is 0.400. The Bertz CT molecular complexity index is 843. The number of aryl methyl sites for hydroxylation is 1. The third kappa shape index (κ3) is 5.95. The van der Waals surface area contributed by atoms with Crippen molar-refractivity contribution in [2.75, 3.05) is 19.8 Å². The molecule has 6 nitrogen and oxygen atoms in total. The summed E-state index contributed by atoms with van der Waals surface area (Å²) in [6.45, 7) is 2.03. The van der Waals surface area contributed by atoms with E-state index in [1.165, 1.54) is 25.0 Å². The summed E-state index contributed by atoms with van der Waals surface area (Å²) in [6.07, 6.45) is 1.28. The molecule has 27 heavy (non-hydrogen) atoms. The van der Waals surface area contributed by atoms with Crippen LogP contribution < -0.4 is 9.47 Å². The van der Waals surface area contributed by atoms with Crippen LogP contribution in [0.1, 0.15) is 18.4 Å². The van der Waals surface area contributed by atoms with Gasteiger partial charge in [-0.25, -0.2) is 0 Å². The number of ether oxygens (including phenoxy) is 2. The molecule has 1 saturated carbocycles. The maximum Gasteiger partial charge on any atom is 0.297 e. The van der Waals surface area contributed by atoms with Gasteiger partial charge < -0.3 is 14.6 Å². The molecule has 2 aromatic carbocycles. The second-order valence-electron chi connectivity index (χ2n) is 6.72. The van der Waals surface area contributed by atoms with E-state index < -0.39 is 16.2 Å². The van der Waals surface area contributed by atoms with Gasteiger partial charge in [-0.05, 0) is 49.9 Å². The lowest BCUT2D eigenvalue weighted by Gasteiger charge is -2.15. The van der Waals surface area contributed by atoms with Crippen LogP contribution in [0, 0.1) is 12.8 Å². The maximum absolute atomic E-state index is 12.1. The van der Waals surface area contributed by atoms with Crippen molar-refractivity contribution in [3.05, 3.63) is 54.1 Å². The molecule has 0 aromatic heterocycles. The highest BCUT2D eigenvalue weighted by Crippen LogP contribution is 2.32. The summed E-state index contributed by atoms with van der Waals surface area (Å²) in [6, 6.07) is 13.5. The molecule has 3 rings (SSSR count). The average molecular weight is 392 g/mol. The lowest BCUT2D eigenvalue weighted by Crippen LogP contribution is -2.25. The van der Waals surface area contributed by atoms with Gasteiger partial charge in [0.05, 0.1) is 18.1 Å². The van der Waals surface area contributed by atoms with Gasteiger partial charge in [0.2, 0.25) is 0 Å². The van der Waals surface area contributed by atoms with E-state index in [-0.39, 0.29) is 18.1 Å². The highest BCUT2D eigenvalue weighted by molar-refractivity contribution is 7.86. The van der Waals surface area contributed by atoms with Crippen molar-refractivity contribution in [3.8, 4) is 11.5 Å². The summed E-state index contributed by atoms with van der Waals surface area (Å²) in [5.74, 6) is 1.74. The molecule has 0 bridgehead atoms. The zero-order valence-electron chi connectivity index (χ0n) is 15.2. The van der Waals surface area contributed by atoms with Gasteiger partial charge in [-0.1, -0.05) is 29.8 Å². The summed E-state index contributed by atoms with van der Waals surface area (Å²) >= 11 is 0. The zero-order chi connectivity index (χ0) is 19.3. The summed E-state index contributed by atoms with van der Waals surface area (Å²) < 4.78 is 40.5. The fourth-order valence-electron chi connectivity index (χ4n) is 2.36. The van der Waals surface area contributed by atoms with Crippen LogP contribution in [-0.2, 0) is 14.3 Å². The first kappa shape index (κ1) is 19.7. The SMILES string of the molecule is Cc1ccc(S(=O)(=O)OCC(O)COc2ccccc2OCC2CC2)cc1. The molecule has 1 N–H and O–H groups in total. The van der Waals surface area contributed by atoms with Gasteiger partial charge in [0.1, 0.15) is 12.7 Å². The first-order valence-corrected chi connectivity index (χ1v) is 10.3. The minimum absolute atomic E-state index is 0.0556. The van der Waals surface area contributed by atoms with E-state index in [1.54, 1.807) is 18.2 Å². The third-order valence-corrected chi connectivity index (χ3v) is 5.47. The summed E-state index contributed by atoms with van der Waals surface area (Å²) in [5, 5.41) is 10.0. The zero-order valence-corrected chi connectivity index (χ0v) is 16.0. The van der Waals surface area contributed by atoms with E-state index >= 15 is 0 Å². The molecule has 1 aliphatic rings. The predicted octanol–water partition coefficient (Wildman–Crippen LogP) is 2.93. The van der Waals surface area contributed by atoms with Crippen molar-refractivity contribution in [3.63, 3.8) is 0 Å².